The van der Waals surface area contributed by atoms with Crippen molar-refractivity contribution in [1.29, 1.82) is 0 Å². The van der Waals surface area contributed by atoms with E-state index in [4.69, 9.17) is 9.47 Å². The molecular weight excluding hydrogens is 487 g/mol. The smallest absolute Gasteiger partial charge is 0.264 e. The van der Waals surface area contributed by atoms with Gasteiger partial charge in [-0.15, -0.1) is 0 Å². The number of carbonyl (C=O) groups excluding carboxylic acids is 1. The van der Waals surface area contributed by atoms with Gasteiger partial charge in [-0.3, -0.25) is 9.79 Å². The summed E-state index contributed by atoms with van der Waals surface area (Å²) in [6.07, 6.45) is 1.84. The molecule has 5 nitrogen and oxygen atoms in total. The molecule has 1 N–H and O–H groups in total. The van der Waals surface area contributed by atoms with Gasteiger partial charge in [0.15, 0.2) is 16.7 Å². The monoisotopic (exact) mass is 508 g/mol. The maximum absolute atomic E-state index is 12.3. The van der Waals surface area contributed by atoms with Gasteiger partial charge in [0.1, 0.15) is 0 Å². The Labute approximate surface area is 182 Å². The Balaban J connectivity index is 1.79. The molecule has 28 heavy (non-hydrogen) atoms. The van der Waals surface area contributed by atoms with E-state index in [2.05, 4.69) is 64.9 Å². The molecule has 7 heteroatoms. The molecule has 1 fully saturated rings. The number of hydrogen-bond donors (Lipinski definition) is 1. The van der Waals surface area contributed by atoms with Crippen molar-refractivity contribution in [2.45, 2.75) is 20.4 Å². The predicted octanol–water partition coefficient (Wildman–Crippen LogP) is 4.69. The maximum atomic E-state index is 12.3. The third kappa shape index (κ3) is 4.88. The standard InChI is InChI=1S/C21H21IN2O3S/c1-12-5-13(2)7-15(6-12)11-23-21-24-20(25)18(28-21)10-14-8-16(22)19(27-4)17(9-14)26-3/h5-10H,11H2,1-4H3,(H,23,24,25)/b18-10-. The van der Waals surface area contributed by atoms with Gasteiger partial charge in [0.2, 0.25) is 0 Å². The third-order valence-corrected chi connectivity index (χ3v) is 5.84. The molecule has 0 saturated carbocycles. The van der Waals surface area contributed by atoms with Crippen molar-refractivity contribution in [3.8, 4) is 11.5 Å². The lowest BCUT2D eigenvalue weighted by Crippen LogP contribution is -2.19. The van der Waals surface area contributed by atoms with Gasteiger partial charge in [-0.25, -0.2) is 0 Å². The number of carbonyl (C=O) groups is 1. The van der Waals surface area contributed by atoms with Gasteiger partial charge >= 0.3 is 0 Å². The summed E-state index contributed by atoms with van der Waals surface area (Å²) < 4.78 is 11.7. The van der Waals surface area contributed by atoms with Crippen LogP contribution in [0.5, 0.6) is 11.5 Å². The van der Waals surface area contributed by atoms with E-state index in [-0.39, 0.29) is 5.91 Å². The van der Waals surface area contributed by atoms with Gasteiger partial charge in [0, 0.05) is 0 Å². The average Bonchev–Trinajstić information content (AvgIpc) is 2.98. The Morgan fingerprint density at radius 3 is 2.46 bits per heavy atom. The number of aryl methyl sites for hydroxylation is 2. The van der Waals surface area contributed by atoms with E-state index in [1.54, 1.807) is 14.2 Å². The molecule has 0 atom stereocenters. The van der Waals surface area contributed by atoms with E-state index in [9.17, 15) is 4.79 Å². The number of nitrogens with one attached hydrogen (secondary N) is 1. The fourth-order valence-electron chi connectivity index (χ4n) is 3.00. The number of aliphatic imine (C=N–C) groups is 1. The Bertz CT molecular complexity index is 966. The second kappa shape index (κ2) is 9.00. The lowest BCUT2D eigenvalue weighted by Gasteiger charge is -2.10. The average molecular weight is 508 g/mol. The molecule has 1 aliphatic rings. The number of halogens is 1. The minimum absolute atomic E-state index is 0.144. The largest absolute Gasteiger partial charge is 0.493 e. The van der Waals surface area contributed by atoms with E-state index < -0.39 is 0 Å². The number of nitrogens with zero attached hydrogens (tertiary/aromatic N) is 1. The van der Waals surface area contributed by atoms with Crippen LogP contribution in [0.4, 0.5) is 0 Å². The first kappa shape index (κ1) is 20.7. The summed E-state index contributed by atoms with van der Waals surface area (Å²) in [5, 5.41) is 3.45. The number of thioether (sulfide) groups is 1. The molecule has 1 aliphatic heterocycles. The Hall–Kier alpha value is -2.00. The Morgan fingerprint density at radius 1 is 1.11 bits per heavy atom. The molecule has 1 heterocycles. The number of amidine groups is 1. The summed E-state index contributed by atoms with van der Waals surface area (Å²) in [6, 6.07) is 10.2. The van der Waals surface area contributed by atoms with Crippen LogP contribution in [-0.4, -0.2) is 25.3 Å². The Kier molecular flexibility index (Phi) is 6.66. The molecule has 0 unspecified atom stereocenters. The summed E-state index contributed by atoms with van der Waals surface area (Å²) in [4.78, 5) is 17.5. The van der Waals surface area contributed by atoms with Crippen LogP contribution in [0.2, 0.25) is 0 Å². The summed E-state index contributed by atoms with van der Waals surface area (Å²) >= 11 is 3.54. The topological polar surface area (TPSA) is 59.9 Å². The molecule has 0 spiro atoms. The molecule has 3 rings (SSSR count). The zero-order valence-corrected chi connectivity index (χ0v) is 19.1. The molecule has 1 saturated heterocycles. The van der Waals surface area contributed by atoms with Crippen molar-refractivity contribution in [3.05, 3.63) is 61.1 Å². The SMILES string of the molecule is COc1cc(/C=C2\SC(=NCc3cc(C)cc(C)c3)NC2=O)cc(I)c1OC. The van der Waals surface area contributed by atoms with Gasteiger partial charge in [-0.05, 0) is 77.5 Å². The zero-order valence-electron chi connectivity index (χ0n) is 16.1. The zero-order chi connectivity index (χ0) is 20.3. The number of hydrogen-bond acceptors (Lipinski definition) is 5. The summed E-state index contributed by atoms with van der Waals surface area (Å²) in [7, 11) is 3.20. The molecule has 0 bridgehead atoms. The number of amides is 1. The van der Waals surface area contributed by atoms with E-state index >= 15 is 0 Å². The normalized spacial score (nSPS) is 16.5. The highest BCUT2D eigenvalue weighted by Crippen LogP contribution is 2.35. The van der Waals surface area contributed by atoms with Crippen molar-refractivity contribution in [2.75, 3.05) is 14.2 Å². The van der Waals surface area contributed by atoms with E-state index in [1.165, 1.54) is 22.9 Å². The molecule has 2 aromatic rings. The van der Waals surface area contributed by atoms with E-state index in [1.807, 2.05) is 18.2 Å². The second-order valence-electron chi connectivity index (χ2n) is 6.42. The van der Waals surface area contributed by atoms with Crippen LogP contribution in [0, 0.1) is 17.4 Å². The molecule has 0 aliphatic carbocycles. The van der Waals surface area contributed by atoms with Crippen LogP contribution >= 0.6 is 34.4 Å². The van der Waals surface area contributed by atoms with Gasteiger partial charge in [-0.2, -0.15) is 0 Å². The van der Waals surface area contributed by atoms with Crippen molar-refractivity contribution in [3.63, 3.8) is 0 Å². The van der Waals surface area contributed by atoms with Gasteiger partial charge < -0.3 is 14.8 Å². The number of benzene rings is 2. The maximum Gasteiger partial charge on any atom is 0.264 e. The Morgan fingerprint density at radius 2 is 1.82 bits per heavy atom. The summed E-state index contributed by atoms with van der Waals surface area (Å²) in [5.41, 5.74) is 4.42. The van der Waals surface area contributed by atoms with Crippen LogP contribution in [0.1, 0.15) is 22.3 Å². The summed E-state index contributed by atoms with van der Waals surface area (Å²) in [5.74, 6) is 1.17. The molecular formula is C21H21IN2O3S. The quantitative estimate of drug-likeness (QED) is 0.471. The predicted molar refractivity (Wildman–Crippen MR) is 123 cm³/mol. The highest BCUT2D eigenvalue weighted by molar-refractivity contribution is 14.1. The molecule has 1 amide bonds. The van der Waals surface area contributed by atoms with Crippen LogP contribution in [0.15, 0.2) is 40.2 Å². The highest BCUT2D eigenvalue weighted by atomic mass is 127. The molecule has 146 valence electrons. The first-order valence-electron chi connectivity index (χ1n) is 8.63. The van der Waals surface area contributed by atoms with Gasteiger partial charge in [-0.1, -0.05) is 29.3 Å². The minimum Gasteiger partial charge on any atom is -0.493 e. The first-order valence-corrected chi connectivity index (χ1v) is 10.5. The minimum atomic E-state index is -0.144. The first-order chi connectivity index (χ1) is 13.4. The van der Waals surface area contributed by atoms with Crippen molar-refractivity contribution in [2.24, 2.45) is 4.99 Å². The number of methoxy groups -OCH3 is 2. The fourth-order valence-corrected chi connectivity index (χ4v) is 4.66. The lowest BCUT2D eigenvalue weighted by atomic mass is 10.1. The van der Waals surface area contributed by atoms with Crippen LogP contribution in [-0.2, 0) is 11.3 Å². The fraction of sp³-hybridized carbons (Fsp3) is 0.238. The number of rotatable bonds is 5. The van der Waals surface area contributed by atoms with E-state index in [0.717, 1.165) is 14.7 Å². The molecule has 0 aromatic heterocycles. The molecule has 2 aromatic carbocycles. The molecule has 0 radical (unpaired) electrons. The third-order valence-electron chi connectivity index (χ3n) is 4.09. The van der Waals surface area contributed by atoms with Crippen LogP contribution in [0.3, 0.4) is 0 Å². The van der Waals surface area contributed by atoms with Crippen molar-refractivity contribution in [1.82, 2.24) is 5.32 Å². The van der Waals surface area contributed by atoms with Crippen LogP contribution in [0.25, 0.3) is 6.08 Å². The second-order valence-corrected chi connectivity index (χ2v) is 8.61. The van der Waals surface area contributed by atoms with Gasteiger partial charge in [0.05, 0.1) is 29.2 Å². The summed E-state index contributed by atoms with van der Waals surface area (Å²) in [6.45, 7) is 4.68. The number of ether oxygens (including phenoxy) is 2. The highest BCUT2D eigenvalue weighted by Gasteiger charge is 2.24. The van der Waals surface area contributed by atoms with Gasteiger partial charge in [0.25, 0.3) is 5.91 Å². The lowest BCUT2D eigenvalue weighted by molar-refractivity contribution is -0.115. The van der Waals surface area contributed by atoms with Crippen LogP contribution < -0.4 is 14.8 Å². The van der Waals surface area contributed by atoms with Crippen molar-refractivity contribution >= 4 is 51.5 Å². The van der Waals surface area contributed by atoms with E-state index in [0.29, 0.717) is 28.1 Å². The van der Waals surface area contributed by atoms with Crippen molar-refractivity contribution < 1.29 is 14.3 Å².